The minimum atomic E-state index is -0.511. The van der Waals surface area contributed by atoms with Gasteiger partial charge in [-0.05, 0) is 44.0 Å². The van der Waals surface area contributed by atoms with Gasteiger partial charge in [-0.2, -0.15) is 0 Å². The number of nitrogens with one attached hydrogen (secondary N) is 1. The lowest BCUT2D eigenvalue weighted by Gasteiger charge is -2.05. The van der Waals surface area contributed by atoms with E-state index in [4.69, 9.17) is 4.74 Å². The summed E-state index contributed by atoms with van der Waals surface area (Å²) in [6.45, 7) is 5.39. The van der Waals surface area contributed by atoms with Crippen LogP contribution in [-0.2, 0) is 4.74 Å². The Hall–Kier alpha value is -2.74. The summed E-state index contributed by atoms with van der Waals surface area (Å²) in [6, 6.07) is 5.73. The van der Waals surface area contributed by atoms with Crippen molar-refractivity contribution in [2.45, 2.75) is 20.8 Å². The maximum Gasteiger partial charge on any atom is 0.348 e. The van der Waals surface area contributed by atoms with Gasteiger partial charge in [-0.25, -0.2) is 4.79 Å². The van der Waals surface area contributed by atoms with Gasteiger partial charge < -0.3 is 10.1 Å². The number of non-ortho nitro benzene ring substituents is 1. The smallest absolute Gasteiger partial charge is 0.348 e. The van der Waals surface area contributed by atoms with Gasteiger partial charge >= 0.3 is 5.97 Å². The number of anilines is 1. The second-order valence-electron chi connectivity index (χ2n) is 5.05. The van der Waals surface area contributed by atoms with Crippen molar-refractivity contribution >= 4 is 33.9 Å². The summed E-state index contributed by atoms with van der Waals surface area (Å²) in [5.74, 6) is -0.814. The minimum Gasteiger partial charge on any atom is -0.462 e. The van der Waals surface area contributed by atoms with Crippen LogP contribution in [0.3, 0.4) is 0 Å². The summed E-state index contributed by atoms with van der Waals surface area (Å²) in [5, 5.41) is 14.0. The highest BCUT2D eigenvalue weighted by Gasteiger charge is 2.18. The van der Waals surface area contributed by atoms with Crippen LogP contribution in [0.4, 0.5) is 10.7 Å². The van der Waals surface area contributed by atoms with Crippen molar-refractivity contribution < 1.29 is 19.2 Å². The first-order valence-electron chi connectivity index (χ1n) is 7.17. The average molecular weight is 348 g/mol. The van der Waals surface area contributed by atoms with Crippen LogP contribution in [0.2, 0.25) is 0 Å². The third-order valence-electron chi connectivity index (χ3n) is 3.28. The monoisotopic (exact) mass is 348 g/mol. The fourth-order valence-electron chi connectivity index (χ4n) is 2.14. The van der Waals surface area contributed by atoms with Gasteiger partial charge in [0, 0.05) is 17.7 Å². The molecule has 0 bridgehead atoms. The lowest BCUT2D eigenvalue weighted by molar-refractivity contribution is -0.384. The summed E-state index contributed by atoms with van der Waals surface area (Å²) < 4.78 is 4.96. The number of carbonyl (C=O) groups excluding carboxylic acids is 2. The Labute approximate surface area is 142 Å². The quantitative estimate of drug-likeness (QED) is 0.504. The molecule has 0 aliphatic rings. The molecule has 24 heavy (non-hydrogen) atoms. The molecule has 1 N–H and O–H groups in total. The number of nitro benzene ring substituents is 1. The zero-order chi connectivity index (χ0) is 17.9. The molecule has 7 nitrogen and oxygen atoms in total. The van der Waals surface area contributed by atoms with E-state index in [-0.39, 0.29) is 18.2 Å². The number of nitro groups is 1. The number of thiophene rings is 1. The van der Waals surface area contributed by atoms with Crippen LogP contribution in [0.15, 0.2) is 24.3 Å². The molecule has 0 saturated carbocycles. The normalized spacial score (nSPS) is 10.3. The molecular weight excluding hydrogens is 332 g/mol. The van der Waals surface area contributed by atoms with Gasteiger partial charge in [0.25, 0.3) is 11.6 Å². The van der Waals surface area contributed by atoms with Crippen molar-refractivity contribution in [1.82, 2.24) is 0 Å². The number of hydrogen-bond acceptors (Lipinski definition) is 6. The summed E-state index contributed by atoms with van der Waals surface area (Å²) in [7, 11) is 0. The molecular formula is C16H16N2O5S. The highest BCUT2D eigenvalue weighted by Crippen LogP contribution is 2.28. The van der Waals surface area contributed by atoms with Gasteiger partial charge in [0.1, 0.15) is 4.88 Å². The van der Waals surface area contributed by atoms with E-state index >= 15 is 0 Å². The van der Waals surface area contributed by atoms with Crippen LogP contribution in [0.5, 0.6) is 0 Å². The van der Waals surface area contributed by atoms with Crippen LogP contribution in [0.25, 0.3) is 0 Å². The first-order chi connectivity index (χ1) is 11.3. The van der Waals surface area contributed by atoms with Crippen molar-refractivity contribution in [3.05, 3.63) is 55.9 Å². The van der Waals surface area contributed by atoms with E-state index in [9.17, 15) is 19.7 Å². The molecule has 1 heterocycles. The fourth-order valence-corrected chi connectivity index (χ4v) is 3.10. The lowest BCUT2D eigenvalue weighted by Crippen LogP contribution is -2.12. The van der Waals surface area contributed by atoms with E-state index in [2.05, 4.69) is 5.32 Å². The molecule has 1 amide bonds. The molecule has 1 aromatic carbocycles. The van der Waals surface area contributed by atoms with E-state index in [0.717, 1.165) is 11.3 Å². The van der Waals surface area contributed by atoms with Crippen LogP contribution in [0, 0.1) is 24.0 Å². The molecule has 0 spiro atoms. The molecule has 1 aromatic heterocycles. The maximum absolute atomic E-state index is 12.3. The zero-order valence-electron chi connectivity index (χ0n) is 13.4. The first kappa shape index (κ1) is 17.6. The Balaban J connectivity index is 2.20. The number of esters is 1. The van der Waals surface area contributed by atoms with E-state index < -0.39 is 10.9 Å². The molecule has 8 heteroatoms. The molecule has 0 aliphatic heterocycles. The number of nitrogens with zero attached hydrogens (tertiary/aromatic N) is 1. The number of benzene rings is 1. The lowest BCUT2D eigenvalue weighted by atomic mass is 10.1. The molecule has 2 rings (SSSR count). The summed E-state index contributed by atoms with van der Waals surface area (Å²) in [5.41, 5.74) is 1.49. The van der Waals surface area contributed by atoms with Gasteiger partial charge in [0.2, 0.25) is 0 Å². The Kier molecular flexibility index (Phi) is 5.30. The number of aryl methyl sites for hydroxylation is 2. The molecule has 2 aromatic rings. The van der Waals surface area contributed by atoms with Crippen LogP contribution in [0.1, 0.15) is 38.1 Å². The Morgan fingerprint density at radius 1 is 1.25 bits per heavy atom. The molecule has 0 fully saturated rings. The van der Waals surface area contributed by atoms with Crippen molar-refractivity contribution in [3.63, 3.8) is 0 Å². The predicted molar refractivity (Wildman–Crippen MR) is 90.8 cm³/mol. The third-order valence-corrected chi connectivity index (χ3v) is 4.41. The Morgan fingerprint density at radius 3 is 2.54 bits per heavy atom. The van der Waals surface area contributed by atoms with Crippen molar-refractivity contribution in [3.8, 4) is 0 Å². The fraction of sp³-hybridized carbons (Fsp3) is 0.250. The van der Waals surface area contributed by atoms with Crippen molar-refractivity contribution in [2.24, 2.45) is 0 Å². The minimum absolute atomic E-state index is 0.0689. The number of ether oxygens (including phenoxy) is 1. The van der Waals surface area contributed by atoms with Gasteiger partial charge in [0.05, 0.1) is 16.5 Å². The molecule has 0 radical (unpaired) electrons. The summed E-state index contributed by atoms with van der Waals surface area (Å²) >= 11 is 1.13. The van der Waals surface area contributed by atoms with Crippen LogP contribution < -0.4 is 5.32 Å². The molecule has 0 saturated heterocycles. The maximum atomic E-state index is 12.3. The molecule has 0 unspecified atom stereocenters. The molecule has 0 atom stereocenters. The van der Waals surface area contributed by atoms with E-state index in [1.165, 1.54) is 18.2 Å². The molecule has 126 valence electrons. The zero-order valence-corrected chi connectivity index (χ0v) is 14.2. The van der Waals surface area contributed by atoms with Crippen LogP contribution >= 0.6 is 11.3 Å². The van der Waals surface area contributed by atoms with Gasteiger partial charge in [0.15, 0.2) is 0 Å². The van der Waals surface area contributed by atoms with Crippen LogP contribution in [-0.4, -0.2) is 23.4 Å². The second kappa shape index (κ2) is 7.22. The highest BCUT2D eigenvalue weighted by molar-refractivity contribution is 7.18. The highest BCUT2D eigenvalue weighted by atomic mass is 32.1. The van der Waals surface area contributed by atoms with Crippen molar-refractivity contribution in [1.29, 1.82) is 0 Å². The number of rotatable bonds is 5. The number of amides is 1. The summed E-state index contributed by atoms with van der Waals surface area (Å²) in [4.78, 5) is 34.8. The second-order valence-corrected chi connectivity index (χ2v) is 6.11. The van der Waals surface area contributed by atoms with E-state index in [1.807, 2.05) is 0 Å². The van der Waals surface area contributed by atoms with E-state index in [1.54, 1.807) is 26.8 Å². The van der Waals surface area contributed by atoms with Crippen molar-refractivity contribution in [2.75, 3.05) is 11.9 Å². The summed E-state index contributed by atoms with van der Waals surface area (Å²) in [6.07, 6.45) is 0. The number of carbonyl (C=O) groups is 2. The predicted octanol–water partition coefficient (Wildman–Crippen LogP) is 3.70. The standard InChI is InChI=1S/C16H16N2O5S/c1-4-23-16(20)14-10(3)8-13(24-14)17-15(19)12-6-5-11(18(21)22)7-9(12)2/h5-8H,4H2,1-3H3,(H,17,19). The molecule has 0 aliphatic carbocycles. The first-order valence-corrected chi connectivity index (χ1v) is 7.99. The largest absolute Gasteiger partial charge is 0.462 e. The van der Waals surface area contributed by atoms with Gasteiger partial charge in [-0.15, -0.1) is 11.3 Å². The van der Waals surface area contributed by atoms with Gasteiger partial charge in [-0.1, -0.05) is 0 Å². The van der Waals surface area contributed by atoms with E-state index in [0.29, 0.717) is 26.6 Å². The Morgan fingerprint density at radius 2 is 1.96 bits per heavy atom. The SMILES string of the molecule is CCOC(=O)c1sc(NC(=O)c2ccc([N+](=O)[O-])cc2C)cc1C. The van der Waals surface area contributed by atoms with Gasteiger partial charge in [-0.3, -0.25) is 14.9 Å². The third kappa shape index (κ3) is 3.77. The average Bonchev–Trinajstić information content (AvgIpc) is 2.87. The Bertz CT molecular complexity index is 813. The number of hydrogen-bond donors (Lipinski definition) is 1. The topological polar surface area (TPSA) is 98.5 Å².